The first-order chi connectivity index (χ1) is 10.5. The minimum Gasteiger partial charge on any atom is -0.481 e. The number of hydrogen-bond donors (Lipinski definition) is 1. The number of ether oxygens (including phenoxy) is 1. The Labute approximate surface area is 125 Å². The minimum atomic E-state index is -2.89. The maximum atomic E-state index is 12.6. The van der Waals surface area contributed by atoms with Crippen LogP contribution in [0.15, 0.2) is 36.4 Å². The molecule has 0 atom stereocenters. The highest BCUT2D eigenvalue weighted by atomic mass is 19.3. The number of fused-ring (bicyclic) bond motifs is 1. The molecule has 0 aliphatic carbocycles. The van der Waals surface area contributed by atoms with Gasteiger partial charge < -0.3 is 9.84 Å². The second kappa shape index (κ2) is 5.88. The van der Waals surface area contributed by atoms with Gasteiger partial charge >= 0.3 is 12.6 Å². The van der Waals surface area contributed by atoms with Crippen LogP contribution in [-0.4, -0.2) is 35.7 Å². The fourth-order valence-corrected chi connectivity index (χ4v) is 2.76. The molecule has 1 fully saturated rings. The standard InChI is InChI=1S/C16H15F2NO3/c17-16(18)22-14-6-5-10-3-1-2-4-12(10)13(14)9-19-7-11(8-19)15(20)21/h1-6,11,16H,7-9H2,(H,20,21). The lowest BCUT2D eigenvalue weighted by molar-refractivity contribution is -0.147. The highest BCUT2D eigenvalue weighted by Gasteiger charge is 2.33. The van der Waals surface area contributed by atoms with Crippen molar-refractivity contribution in [1.82, 2.24) is 4.90 Å². The molecule has 0 bridgehead atoms. The molecule has 1 saturated heterocycles. The van der Waals surface area contributed by atoms with Crippen LogP contribution in [0.4, 0.5) is 8.78 Å². The third kappa shape index (κ3) is 2.87. The predicted octanol–water partition coefficient (Wildman–Crippen LogP) is 2.96. The highest BCUT2D eigenvalue weighted by Crippen LogP contribution is 2.32. The van der Waals surface area contributed by atoms with Gasteiger partial charge in [-0.1, -0.05) is 30.3 Å². The van der Waals surface area contributed by atoms with Gasteiger partial charge in [0, 0.05) is 25.2 Å². The van der Waals surface area contributed by atoms with Crippen molar-refractivity contribution in [3.63, 3.8) is 0 Å². The van der Waals surface area contributed by atoms with Gasteiger partial charge in [-0.15, -0.1) is 0 Å². The number of carbonyl (C=O) groups is 1. The van der Waals surface area contributed by atoms with E-state index in [2.05, 4.69) is 4.74 Å². The molecule has 0 radical (unpaired) electrons. The maximum Gasteiger partial charge on any atom is 0.387 e. The van der Waals surface area contributed by atoms with Gasteiger partial charge in [-0.05, 0) is 16.8 Å². The Kier molecular flexibility index (Phi) is 3.94. The number of halogens is 2. The molecule has 6 heteroatoms. The van der Waals surface area contributed by atoms with Crippen molar-refractivity contribution in [2.24, 2.45) is 5.92 Å². The number of alkyl halides is 2. The second-order valence-corrected chi connectivity index (χ2v) is 5.37. The van der Waals surface area contributed by atoms with Crippen LogP contribution in [0.25, 0.3) is 10.8 Å². The lowest BCUT2D eigenvalue weighted by atomic mass is 9.97. The van der Waals surface area contributed by atoms with Crippen LogP contribution >= 0.6 is 0 Å². The number of rotatable bonds is 5. The SMILES string of the molecule is O=C(O)C1CN(Cc2c(OC(F)F)ccc3ccccc23)C1. The zero-order chi connectivity index (χ0) is 15.7. The summed E-state index contributed by atoms with van der Waals surface area (Å²) < 4.78 is 29.8. The largest absolute Gasteiger partial charge is 0.481 e. The Hall–Kier alpha value is -2.21. The first kappa shape index (κ1) is 14.7. The number of hydrogen-bond acceptors (Lipinski definition) is 3. The average Bonchev–Trinajstić information content (AvgIpc) is 2.42. The Morgan fingerprint density at radius 1 is 1.27 bits per heavy atom. The van der Waals surface area contributed by atoms with Gasteiger partial charge in [0.15, 0.2) is 0 Å². The zero-order valence-electron chi connectivity index (χ0n) is 11.7. The van der Waals surface area contributed by atoms with Crippen LogP contribution in [0, 0.1) is 5.92 Å². The van der Waals surface area contributed by atoms with E-state index < -0.39 is 12.6 Å². The van der Waals surface area contributed by atoms with Crippen LogP contribution in [0.1, 0.15) is 5.56 Å². The fourth-order valence-electron chi connectivity index (χ4n) is 2.76. The normalized spacial score (nSPS) is 16.0. The van der Waals surface area contributed by atoms with E-state index in [1.807, 2.05) is 29.2 Å². The van der Waals surface area contributed by atoms with Crippen molar-refractivity contribution in [2.75, 3.05) is 13.1 Å². The summed E-state index contributed by atoms with van der Waals surface area (Å²) >= 11 is 0. The van der Waals surface area contributed by atoms with E-state index in [-0.39, 0.29) is 11.7 Å². The summed E-state index contributed by atoms with van der Waals surface area (Å²) in [6, 6.07) is 10.8. The second-order valence-electron chi connectivity index (χ2n) is 5.37. The Morgan fingerprint density at radius 2 is 2.00 bits per heavy atom. The lowest BCUT2D eigenvalue weighted by Crippen LogP contribution is -2.49. The molecule has 0 spiro atoms. The summed E-state index contributed by atoms with van der Waals surface area (Å²) in [5, 5.41) is 10.7. The van der Waals surface area contributed by atoms with Crippen LogP contribution in [0.3, 0.4) is 0 Å². The van der Waals surface area contributed by atoms with Gasteiger partial charge in [0.2, 0.25) is 0 Å². The van der Waals surface area contributed by atoms with Gasteiger partial charge in [0.25, 0.3) is 0 Å². The highest BCUT2D eigenvalue weighted by molar-refractivity contribution is 5.87. The number of benzene rings is 2. The van der Waals surface area contributed by atoms with Crippen molar-refractivity contribution in [2.45, 2.75) is 13.2 Å². The van der Waals surface area contributed by atoms with Gasteiger partial charge in [-0.25, -0.2) is 0 Å². The Morgan fingerprint density at radius 3 is 2.68 bits per heavy atom. The molecular formula is C16H15F2NO3. The van der Waals surface area contributed by atoms with Crippen molar-refractivity contribution in [3.8, 4) is 5.75 Å². The van der Waals surface area contributed by atoms with Gasteiger partial charge in [0.1, 0.15) is 5.75 Å². The Bertz CT molecular complexity index is 699. The van der Waals surface area contributed by atoms with Crippen molar-refractivity contribution in [3.05, 3.63) is 42.0 Å². The Balaban J connectivity index is 1.89. The molecule has 1 N–H and O–H groups in total. The topological polar surface area (TPSA) is 49.8 Å². The molecule has 1 heterocycles. The first-order valence-corrected chi connectivity index (χ1v) is 6.95. The molecule has 116 valence electrons. The molecule has 1 aliphatic heterocycles. The van der Waals surface area contributed by atoms with Crippen LogP contribution in [0.2, 0.25) is 0 Å². The molecule has 0 saturated carbocycles. The molecular weight excluding hydrogens is 292 g/mol. The zero-order valence-corrected chi connectivity index (χ0v) is 11.7. The molecule has 2 aromatic carbocycles. The van der Waals surface area contributed by atoms with E-state index in [9.17, 15) is 13.6 Å². The maximum absolute atomic E-state index is 12.6. The van der Waals surface area contributed by atoms with E-state index >= 15 is 0 Å². The number of aliphatic carboxylic acids is 1. The average molecular weight is 307 g/mol. The van der Waals surface area contributed by atoms with Gasteiger partial charge in [0.05, 0.1) is 5.92 Å². The molecule has 1 aliphatic rings. The van der Waals surface area contributed by atoms with Crippen LogP contribution in [-0.2, 0) is 11.3 Å². The number of nitrogens with zero attached hydrogens (tertiary/aromatic N) is 1. The molecule has 3 rings (SSSR count). The molecule has 0 aromatic heterocycles. The third-order valence-corrected chi connectivity index (χ3v) is 3.90. The number of carboxylic acid groups (broad SMARTS) is 1. The van der Waals surface area contributed by atoms with Gasteiger partial charge in [-0.2, -0.15) is 8.78 Å². The smallest absolute Gasteiger partial charge is 0.387 e. The molecule has 0 amide bonds. The van der Waals surface area contributed by atoms with Crippen LogP contribution in [0.5, 0.6) is 5.75 Å². The summed E-state index contributed by atoms with van der Waals surface area (Å²) in [5.74, 6) is -1.06. The number of likely N-dealkylation sites (tertiary alicyclic amines) is 1. The third-order valence-electron chi connectivity index (χ3n) is 3.90. The van der Waals surface area contributed by atoms with Gasteiger partial charge in [-0.3, -0.25) is 9.69 Å². The quantitative estimate of drug-likeness (QED) is 0.922. The van der Waals surface area contributed by atoms with Crippen molar-refractivity contribution >= 4 is 16.7 Å². The molecule has 2 aromatic rings. The van der Waals surface area contributed by atoms with E-state index in [1.54, 1.807) is 6.07 Å². The summed E-state index contributed by atoms with van der Waals surface area (Å²) in [6.07, 6.45) is 0. The van der Waals surface area contributed by atoms with E-state index in [0.29, 0.717) is 25.2 Å². The van der Waals surface area contributed by atoms with Crippen LogP contribution < -0.4 is 4.74 Å². The summed E-state index contributed by atoms with van der Waals surface area (Å²) in [7, 11) is 0. The predicted molar refractivity (Wildman–Crippen MR) is 77.0 cm³/mol. The van der Waals surface area contributed by atoms with Crippen molar-refractivity contribution < 1.29 is 23.4 Å². The lowest BCUT2D eigenvalue weighted by Gasteiger charge is -2.37. The molecule has 4 nitrogen and oxygen atoms in total. The van der Waals surface area contributed by atoms with E-state index in [4.69, 9.17) is 5.11 Å². The minimum absolute atomic E-state index is 0.146. The molecule has 0 unspecified atom stereocenters. The first-order valence-electron chi connectivity index (χ1n) is 6.95. The van der Waals surface area contributed by atoms with E-state index in [1.165, 1.54) is 6.07 Å². The van der Waals surface area contributed by atoms with E-state index in [0.717, 1.165) is 10.8 Å². The summed E-state index contributed by atoms with van der Waals surface area (Å²) in [6.45, 7) is -1.64. The molecule has 22 heavy (non-hydrogen) atoms. The fraction of sp³-hybridized carbons (Fsp3) is 0.312. The van der Waals surface area contributed by atoms with Crippen molar-refractivity contribution in [1.29, 1.82) is 0 Å². The summed E-state index contributed by atoms with van der Waals surface area (Å²) in [5.41, 5.74) is 0.669. The summed E-state index contributed by atoms with van der Waals surface area (Å²) in [4.78, 5) is 12.8. The number of carboxylic acids is 1. The monoisotopic (exact) mass is 307 g/mol.